The van der Waals surface area contributed by atoms with Crippen molar-refractivity contribution in [2.45, 2.75) is 78.9 Å². The second-order valence-electron chi connectivity index (χ2n) is 9.75. The fourth-order valence-electron chi connectivity index (χ4n) is 4.33. The van der Waals surface area contributed by atoms with Gasteiger partial charge < -0.3 is 20.7 Å². The zero-order chi connectivity index (χ0) is 27.0. The number of carbonyl (C=O) groups excluding carboxylic acids is 4. The molecule has 0 aromatic heterocycles. The fourth-order valence-corrected chi connectivity index (χ4v) is 4.33. The van der Waals surface area contributed by atoms with Crippen LogP contribution in [-0.4, -0.2) is 48.9 Å². The van der Waals surface area contributed by atoms with Crippen molar-refractivity contribution in [2.75, 3.05) is 7.11 Å². The largest absolute Gasteiger partial charge is 0.467 e. The first-order valence-corrected chi connectivity index (χ1v) is 12.9. The number of amides is 3. The number of esters is 1. The van der Waals surface area contributed by atoms with E-state index in [1.165, 1.54) is 13.2 Å². The van der Waals surface area contributed by atoms with Gasteiger partial charge >= 0.3 is 5.97 Å². The minimum absolute atomic E-state index is 0.103. The van der Waals surface area contributed by atoms with Crippen molar-refractivity contribution in [1.82, 2.24) is 16.0 Å². The average Bonchev–Trinajstić information content (AvgIpc) is 2.89. The zero-order valence-corrected chi connectivity index (χ0v) is 22.5. The third kappa shape index (κ3) is 6.74. The van der Waals surface area contributed by atoms with E-state index in [4.69, 9.17) is 4.74 Å². The van der Waals surface area contributed by atoms with Crippen molar-refractivity contribution < 1.29 is 23.9 Å². The third-order valence-electron chi connectivity index (χ3n) is 7.36. The highest BCUT2D eigenvalue weighted by molar-refractivity contribution is 6.07. The predicted molar refractivity (Wildman–Crippen MR) is 140 cm³/mol. The highest BCUT2D eigenvalue weighted by Gasteiger charge is 2.34. The second-order valence-corrected chi connectivity index (χ2v) is 9.75. The maximum atomic E-state index is 13.3. The molecule has 3 N–H and O–H groups in total. The molecule has 0 spiro atoms. The topological polar surface area (TPSA) is 114 Å². The molecule has 0 saturated carbocycles. The summed E-state index contributed by atoms with van der Waals surface area (Å²) in [6.45, 7) is 11.7. The maximum absolute atomic E-state index is 13.3. The fraction of sp³-hybridized carbons (Fsp3) is 0.571. The lowest BCUT2D eigenvalue weighted by molar-refractivity contribution is -0.147. The Morgan fingerprint density at radius 1 is 0.944 bits per heavy atom. The van der Waals surface area contributed by atoms with Crippen LogP contribution in [0.5, 0.6) is 0 Å². The van der Waals surface area contributed by atoms with E-state index in [-0.39, 0.29) is 29.7 Å². The SMILES string of the molecule is CC[C@H](C)[C@H](NC(=O)C=C1c2ccccc2C(=O)N[C@H]1[C@@H](C)CC)C(=O)N[C@H](C(=O)OC)[C@@H](C)CC. The number of benzene rings is 1. The van der Waals surface area contributed by atoms with Crippen LogP contribution in [0.4, 0.5) is 0 Å². The molecule has 8 heteroatoms. The Bertz CT molecular complexity index is 989. The summed E-state index contributed by atoms with van der Waals surface area (Å²) in [4.78, 5) is 51.5. The van der Waals surface area contributed by atoms with Crippen molar-refractivity contribution in [3.63, 3.8) is 0 Å². The molecule has 0 saturated heterocycles. The molecule has 1 aromatic rings. The second kappa shape index (κ2) is 13.2. The lowest BCUT2D eigenvalue weighted by Gasteiger charge is -2.33. The Labute approximate surface area is 214 Å². The molecular weight excluding hydrogens is 458 g/mol. The number of carbonyl (C=O) groups is 4. The van der Waals surface area contributed by atoms with E-state index in [0.29, 0.717) is 29.5 Å². The van der Waals surface area contributed by atoms with Gasteiger partial charge in [0.25, 0.3) is 5.91 Å². The van der Waals surface area contributed by atoms with Gasteiger partial charge in [0.2, 0.25) is 11.8 Å². The molecule has 0 bridgehead atoms. The van der Waals surface area contributed by atoms with Crippen LogP contribution in [0.25, 0.3) is 5.57 Å². The summed E-state index contributed by atoms with van der Waals surface area (Å²) in [5, 5.41) is 8.69. The van der Waals surface area contributed by atoms with Crippen LogP contribution in [0, 0.1) is 17.8 Å². The quantitative estimate of drug-likeness (QED) is 0.319. The standard InChI is InChI=1S/C28H41N3O5/c1-8-16(4)23-21(19-13-11-12-14-20(19)26(33)30-23)15-22(32)29-24(17(5)9-2)27(34)31-25(18(6)10-3)28(35)36-7/h11-18,23-25H,8-10H2,1-7H3,(H,29,32)(H,30,33)(H,31,34)/t16-,17-,18-,23-,24-,25-/m0/s1. The Balaban J connectivity index is 2.37. The number of nitrogens with one attached hydrogen (secondary N) is 3. The van der Waals surface area contributed by atoms with Crippen LogP contribution >= 0.6 is 0 Å². The average molecular weight is 500 g/mol. The van der Waals surface area contributed by atoms with Crippen molar-refractivity contribution in [1.29, 1.82) is 0 Å². The summed E-state index contributed by atoms with van der Waals surface area (Å²) >= 11 is 0. The van der Waals surface area contributed by atoms with Gasteiger partial charge in [0.15, 0.2) is 0 Å². The van der Waals surface area contributed by atoms with Gasteiger partial charge in [-0.3, -0.25) is 14.4 Å². The molecule has 8 nitrogen and oxygen atoms in total. The number of rotatable bonds is 11. The van der Waals surface area contributed by atoms with E-state index < -0.39 is 29.9 Å². The summed E-state index contributed by atoms with van der Waals surface area (Å²) in [6.07, 6.45) is 3.63. The minimum atomic E-state index is -0.842. The first kappa shape index (κ1) is 29.1. The molecule has 6 atom stereocenters. The van der Waals surface area contributed by atoms with E-state index in [1.807, 2.05) is 53.7 Å². The van der Waals surface area contributed by atoms with Gasteiger partial charge in [0.1, 0.15) is 12.1 Å². The third-order valence-corrected chi connectivity index (χ3v) is 7.36. The molecule has 1 heterocycles. The van der Waals surface area contributed by atoms with E-state index in [1.54, 1.807) is 12.1 Å². The van der Waals surface area contributed by atoms with Crippen molar-refractivity contribution >= 4 is 29.3 Å². The monoisotopic (exact) mass is 499 g/mol. The summed E-state index contributed by atoms with van der Waals surface area (Å²) < 4.78 is 4.89. The van der Waals surface area contributed by atoms with E-state index in [9.17, 15) is 19.2 Å². The Hall–Kier alpha value is -3.16. The first-order valence-electron chi connectivity index (χ1n) is 12.9. The van der Waals surface area contributed by atoms with Gasteiger partial charge in [-0.1, -0.05) is 79.0 Å². The molecule has 1 aromatic carbocycles. The molecule has 0 aliphatic carbocycles. The number of hydrogen-bond donors (Lipinski definition) is 3. The van der Waals surface area contributed by atoms with Crippen LogP contribution in [-0.2, 0) is 19.1 Å². The molecule has 36 heavy (non-hydrogen) atoms. The van der Waals surface area contributed by atoms with E-state index in [2.05, 4.69) is 16.0 Å². The van der Waals surface area contributed by atoms with Crippen LogP contribution in [0.1, 0.15) is 76.7 Å². The molecule has 2 rings (SSSR count). The molecule has 0 radical (unpaired) electrons. The predicted octanol–water partition coefficient (Wildman–Crippen LogP) is 3.46. The summed E-state index contributed by atoms with van der Waals surface area (Å²) in [7, 11) is 1.29. The summed E-state index contributed by atoms with van der Waals surface area (Å²) in [6, 6.07) is 5.24. The molecule has 198 valence electrons. The van der Waals surface area contributed by atoms with E-state index >= 15 is 0 Å². The van der Waals surface area contributed by atoms with Gasteiger partial charge in [-0.15, -0.1) is 0 Å². The summed E-state index contributed by atoms with van der Waals surface area (Å²) in [5.74, 6) is -1.73. The van der Waals surface area contributed by atoms with Gasteiger partial charge in [-0.25, -0.2) is 4.79 Å². The van der Waals surface area contributed by atoms with Crippen LogP contribution in [0.15, 0.2) is 30.3 Å². The van der Waals surface area contributed by atoms with Crippen LogP contribution in [0.2, 0.25) is 0 Å². The van der Waals surface area contributed by atoms with Gasteiger partial charge in [-0.2, -0.15) is 0 Å². The number of ether oxygens (including phenoxy) is 1. The highest BCUT2D eigenvalue weighted by Crippen LogP contribution is 2.31. The minimum Gasteiger partial charge on any atom is -0.467 e. The lowest BCUT2D eigenvalue weighted by atomic mass is 9.82. The van der Waals surface area contributed by atoms with Crippen LogP contribution in [0.3, 0.4) is 0 Å². The number of methoxy groups -OCH3 is 1. The Morgan fingerprint density at radius 2 is 1.53 bits per heavy atom. The molecule has 1 aliphatic heterocycles. The van der Waals surface area contributed by atoms with E-state index in [0.717, 1.165) is 6.42 Å². The first-order chi connectivity index (χ1) is 17.1. The van der Waals surface area contributed by atoms with Gasteiger partial charge in [0.05, 0.1) is 13.2 Å². The number of fused-ring (bicyclic) bond motifs is 1. The Morgan fingerprint density at radius 3 is 2.08 bits per heavy atom. The maximum Gasteiger partial charge on any atom is 0.328 e. The molecule has 0 fully saturated rings. The molecular formula is C28H41N3O5. The van der Waals surface area contributed by atoms with Crippen molar-refractivity contribution in [3.8, 4) is 0 Å². The van der Waals surface area contributed by atoms with Crippen molar-refractivity contribution in [2.24, 2.45) is 17.8 Å². The molecule has 0 unspecified atom stereocenters. The summed E-state index contributed by atoms with van der Waals surface area (Å²) in [5.41, 5.74) is 1.95. The van der Waals surface area contributed by atoms with Gasteiger partial charge in [0, 0.05) is 11.6 Å². The van der Waals surface area contributed by atoms with Crippen LogP contribution < -0.4 is 16.0 Å². The highest BCUT2D eigenvalue weighted by atomic mass is 16.5. The molecule has 1 aliphatic rings. The smallest absolute Gasteiger partial charge is 0.328 e. The van der Waals surface area contributed by atoms with Gasteiger partial charge in [-0.05, 0) is 35.0 Å². The zero-order valence-electron chi connectivity index (χ0n) is 22.5. The molecule has 3 amide bonds. The Kier molecular flexibility index (Phi) is 10.7. The number of hydrogen-bond acceptors (Lipinski definition) is 5. The normalized spacial score (nSPS) is 20.2. The lowest BCUT2D eigenvalue weighted by Crippen LogP contribution is -2.55. The van der Waals surface area contributed by atoms with Crippen molar-refractivity contribution in [3.05, 3.63) is 41.5 Å².